The number of carbonyl (C=O) groups excluding carboxylic acids is 2. The molecule has 3 heterocycles. The predicted molar refractivity (Wildman–Crippen MR) is 131 cm³/mol. The van der Waals surface area contributed by atoms with E-state index in [0.29, 0.717) is 42.5 Å². The first kappa shape index (κ1) is 25.4. The number of amides is 1. The van der Waals surface area contributed by atoms with Crippen molar-refractivity contribution in [1.29, 1.82) is 0 Å². The molecule has 36 heavy (non-hydrogen) atoms. The molecule has 2 fully saturated rings. The molecule has 10 heteroatoms. The van der Waals surface area contributed by atoms with Crippen molar-refractivity contribution in [3.05, 3.63) is 48.2 Å². The molecule has 192 valence electrons. The minimum Gasteiger partial charge on any atom is -0.466 e. The van der Waals surface area contributed by atoms with Gasteiger partial charge in [-0.1, -0.05) is 0 Å². The van der Waals surface area contributed by atoms with Gasteiger partial charge in [-0.25, -0.2) is 23.9 Å². The molecule has 1 unspecified atom stereocenters. The van der Waals surface area contributed by atoms with Gasteiger partial charge in [0, 0.05) is 43.2 Å². The van der Waals surface area contributed by atoms with Crippen LogP contribution >= 0.6 is 0 Å². The van der Waals surface area contributed by atoms with Gasteiger partial charge in [-0.3, -0.25) is 0 Å². The molecule has 1 atom stereocenters. The highest BCUT2D eigenvalue weighted by Crippen LogP contribution is 2.43. The summed E-state index contributed by atoms with van der Waals surface area (Å²) in [6.45, 7) is 8.32. The van der Waals surface area contributed by atoms with Crippen molar-refractivity contribution in [1.82, 2.24) is 14.9 Å². The van der Waals surface area contributed by atoms with E-state index in [1.165, 1.54) is 43.8 Å². The van der Waals surface area contributed by atoms with E-state index < -0.39 is 17.4 Å². The van der Waals surface area contributed by atoms with Gasteiger partial charge in [0.15, 0.2) is 11.6 Å². The van der Waals surface area contributed by atoms with Gasteiger partial charge >= 0.3 is 12.1 Å². The molecule has 2 saturated heterocycles. The number of carbonyl (C=O) groups is 2. The van der Waals surface area contributed by atoms with E-state index in [-0.39, 0.29) is 11.5 Å². The van der Waals surface area contributed by atoms with Crippen LogP contribution in [-0.4, -0.2) is 65.8 Å². The lowest BCUT2D eigenvalue weighted by Crippen LogP contribution is -2.37. The van der Waals surface area contributed by atoms with Gasteiger partial charge in [0.05, 0.1) is 13.3 Å². The number of likely N-dealkylation sites (tertiary alicyclic amines) is 1. The highest BCUT2D eigenvalue weighted by molar-refractivity contribution is 5.87. The number of methoxy groups -OCH3 is 1. The zero-order valence-electron chi connectivity index (χ0n) is 21.0. The summed E-state index contributed by atoms with van der Waals surface area (Å²) < 4.78 is 30.2. The van der Waals surface area contributed by atoms with Crippen molar-refractivity contribution in [2.24, 2.45) is 5.41 Å². The summed E-state index contributed by atoms with van der Waals surface area (Å²) in [7, 11) is 1.27. The molecule has 0 aliphatic carbocycles. The summed E-state index contributed by atoms with van der Waals surface area (Å²) in [5, 5.41) is 0. The van der Waals surface area contributed by atoms with E-state index in [4.69, 9.17) is 9.47 Å². The first-order valence-electron chi connectivity index (χ1n) is 11.8. The monoisotopic (exact) mass is 498 g/mol. The molecule has 9 nitrogen and oxygen atoms in total. The van der Waals surface area contributed by atoms with E-state index in [9.17, 15) is 14.0 Å². The third-order valence-corrected chi connectivity index (χ3v) is 6.28. The maximum absolute atomic E-state index is 13.9. The van der Waals surface area contributed by atoms with Gasteiger partial charge in [0.2, 0.25) is 0 Å². The summed E-state index contributed by atoms with van der Waals surface area (Å²) in [4.78, 5) is 36.6. The molecule has 4 rings (SSSR count). The Balaban J connectivity index is 1.50. The molecule has 0 radical (unpaired) electrons. The molecule has 2 aliphatic heterocycles. The minimum absolute atomic E-state index is 0.0522. The van der Waals surface area contributed by atoms with Gasteiger partial charge in [-0.05, 0) is 57.9 Å². The number of rotatable bonds is 5. The van der Waals surface area contributed by atoms with Gasteiger partial charge in [-0.2, -0.15) is 0 Å². The van der Waals surface area contributed by atoms with Crippen molar-refractivity contribution in [2.75, 3.05) is 38.2 Å². The van der Waals surface area contributed by atoms with Crippen LogP contribution in [0, 0.1) is 11.2 Å². The van der Waals surface area contributed by atoms with Crippen LogP contribution in [0.3, 0.4) is 0 Å². The highest BCUT2D eigenvalue weighted by Gasteiger charge is 2.46. The van der Waals surface area contributed by atoms with Gasteiger partial charge in [0.1, 0.15) is 23.5 Å². The van der Waals surface area contributed by atoms with Crippen LogP contribution in [0.25, 0.3) is 6.08 Å². The molecular weight excluding hydrogens is 467 g/mol. The Hall–Kier alpha value is -3.69. The zero-order valence-corrected chi connectivity index (χ0v) is 21.0. The molecule has 0 saturated carbocycles. The Labute approximate surface area is 209 Å². The van der Waals surface area contributed by atoms with Gasteiger partial charge in [-0.15, -0.1) is 0 Å². The second-order valence-corrected chi connectivity index (χ2v) is 10.2. The highest BCUT2D eigenvalue weighted by atomic mass is 19.1. The van der Waals surface area contributed by atoms with Crippen LogP contribution in [0.4, 0.5) is 15.0 Å². The Kier molecular flexibility index (Phi) is 7.14. The first-order valence-corrected chi connectivity index (χ1v) is 11.8. The number of ether oxygens (including phenoxy) is 3. The van der Waals surface area contributed by atoms with Gasteiger partial charge in [0.25, 0.3) is 0 Å². The van der Waals surface area contributed by atoms with Crippen molar-refractivity contribution >= 4 is 24.0 Å². The third-order valence-electron chi connectivity index (χ3n) is 6.28. The standard InChI is InChI=1S/C26H31FN4O5/c1-25(2,3)36-24(33)31-12-10-26(16-31)9-11-30(15-26)23-21(14-28-17-29-23)35-20-7-6-19(27)13-18(20)5-8-22(32)34-4/h5-8,13-14,17H,9-12,15-16H2,1-4H3. The van der Waals surface area contributed by atoms with E-state index in [1.807, 2.05) is 20.8 Å². The van der Waals surface area contributed by atoms with Crippen molar-refractivity contribution in [3.63, 3.8) is 0 Å². The third kappa shape index (κ3) is 5.92. The molecule has 1 amide bonds. The molecule has 1 aromatic carbocycles. The van der Waals surface area contributed by atoms with E-state index >= 15 is 0 Å². The van der Waals surface area contributed by atoms with Crippen molar-refractivity contribution in [3.8, 4) is 11.5 Å². The van der Waals surface area contributed by atoms with Crippen molar-refractivity contribution < 1.29 is 28.2 Å². The average molecular weight is 499 g/mol. The van der Waals surface area contributed by atoms with Crippen LogP contribution in [-0.2, 0) is 14.3 Å². The Morgan fingerprint density at radius 3 is 2.67 bits per heavy atom. The van der Waals surface area contributed by atoms with Gasteiger partial charge < -0.3 is 24.0 Å². The number of nitrogens with zero attached hydrogens (tertiary/aromatic N) is 4. The second kappa shape index (κ2) is 10.1. The molecule has 1 spiro atoms. The van der Waals surface area contributed by atoms with Crippen LogP contribution in [0.2, 0.25) is 0 Å². The minimum atomic E-state index is -0.562. The predicted octanol–water partition coefficient (Wildman–Crippen LogP) is 4.43. The number of hydrogen-bond acceptors (Lipinski definition) is 8. The summed E-state index contributed by atoms with van der Waals surface area (Å²) in [5.74, 6) is 0.348. The lowest BCUT2D eigenvalue weighted by molar-refractivity contribution is -0.134. The fraction of sp³-hybridized carbons (Fsp3) is 0.462. The van der Waals surface area contributed by atoms with E-state index in [1.54, 1.807) is 11.1 Å². The molecule has 0 bridgehead atoms. The Bertz CT molecular complexity index is 1170. The summed E-state index contributed by atoms with van der Waals surface area (Å²) in [6, 6.07) is 4.04. The molecule has 1 aromatic heterocycles. The van der Waals surface area contributed by atoms with Crippen LogP contribution in [0.15, 0.2) is 36.8 Å². The maximum Gasteiger partial charge on any atom is 0.410 e. The number of esters is 1. The lowest BCUT2D eigenvalue weighted by atomic mass is 9.86. The fourth-order valence-electron chi connectivity index (χ4n) is 4.57. The number of hydrogen-bond donors (Lipinski definition) is 0. The largest absolute Gasteiger partial charge is 0.466 e. The average Bonchev–Trinajstić information content (AvgIpc) is 3.45. The molecule has 2 aromatic rings. The Morgan fingerprint density at radius 1 is 1.14 bits per heavy atom. The number of halogens is 1. The molecular formula is C26H31FN4O5. The van der Waals surface area contributed by atoms with Crippen LogP contribution in [0.1, 0.15) is 39.2 Å². The molecule has 2 aliphatic rings. The number of aromatic nitrogens is 2. The van der Waals surface area contributed by atoms with Crippen molar-refractivity contribution in [2.45, 2.75) is 39.2 Å². The first-order chi connectivity index (χ1) is 17.1. The van der Waals surface area contributed by atoms with Crippen LogP contribution in [0.5, 0.6) is 11.5 Å². The maximum atomic E-state index is 13.9. The zero-order chi connectivity index (χ0) is 25.9. The van der Waals surface area contributed by atoms with Crippen LogP contribution < -0.4 is 9.64 Å². The summed E-state index contributed by atoms with van der Waals surface area (Å²) >= 11 is 0. The fourth-order valence-corrected chi connectivity index (χ4v) is 4.57. The SMILES string of the molecule is COC(=O)C=Cc1cc(F)ccc1Oc1cncnc1N1CCC2(CCN(C(=O)OC(C)(C)C)C2)C1. The number of anilines is 1. The molecule has 0 N–H and O–H groups in total. The Morgan fingerprint density at radius 2 is 1.92 bits per heavy atom. The summed E-state index contributed by atoms with van der Waals surface area (Å²) in [6.07, 6.45) is 7.15. The normalized spacial score (nSPS) is 19.8. The summed E-state index contributed by atoms with van der Waals surface area (Å²) in [5.41, 5.74) is -0.215. The smallest absolute Gasteiger partial charge is 0.410 e. The van der Waals surface area contributed by atoms with E-state index in [0.717, 1.165) is 19.4 Å². The van der Waals surface area contributed by atoms with E-state index in [2.05, 4.69) is 19.6 Å². The quantitative estimate of drug-likeness (QED) is 0.441. The number of benzene rings is 1. The topological polar surface area (TPSA) is 94.1 Å². The second-order valence-electron chi connectivity index (χ2n) is 10.2. The lowest BCUT2D eigenvalue weighted by Gasteiger charge is -2.27.